The average molecular weight is 296 g/mol. The molecule has 110 valence electrons. The Labute approximate surface area is 124 Å². The number of halogens is 1. The third-order valence-electron chi connectivity index (χ3n) is 4.12. The van der Waals surface area contributed by atoms with E-state index >= 15 is 0 Å². The summed E-state index contributed by atoms with van der Waals surface area (Å²) in [5.74, 6) is -0.388. The zero-order chi connectivity index (χ0) is 14.9. The molecule has 0 bridgehead atoms. The van der Waals surface area contributed by atoms with Gasteiger partial charge in [-0.15, -0.1) is 0 Å². The van der Waals surface area contributed by atoms with Crippen LogP contribution in [0.25, 0.3) is 0 Å². The highest BCUT2D eigenvalue weighted by Gasteiger charge is 2.48. The zero-order valence-electron chi connectivity index (χ0n) is 12.1. The molecule has 1 aliphatic carbocycles. The van der Waals surface area contributed by atoms with Crippen LogP contribution in [0.5, 0.6) is 0 Å². The molecule has 1 aromatic carbocycles. The van der Waals surface area contributed by atoms with Crippen molar-refractivity contribution >= 4 is 22.9 Å². The van der Waals surface area contributed by atoms with E-state index in [0.717, 1.165) is 18.7 Å². The molecule has 2 unspecified atom stereocenters. The summed E-state index contributed by atoms with van der Waals surface area (Å²) in [6, 6.07) is 5.14. The first-order chi connectivity index (χ1) is 9.36. The van der Waals surface area contributed by atoms with Crippen molar-refractivity contribution in [2.45, 2.75) is 39.3 Å². The third kappa shape index (κ3) is 2.79. The summed E-state index contributed by atoms with van der Waals surface area (Å²) >= 11 is 4.80. The fourth-order valence-electron chi connectivity index (χ4n) is 2.62. The molecule has 2 atom stereocenters. The van der Waals surface area contributed by atoms with Crippen molar-refractivity contribution in [1.29, 1.82) is 0 Å². The number of thiocarbonyl (C=S) groups is 1. The molecule has 0 spiro atoms. The van der Waals surface area contributed by atoms with Gasteiger partial charge < -0.3 is 15.8 Å². The van der Waals surface area contributed by atoms with Crippen LogP contribution >= 0.6 is 12.2 Å². The molecule has 0 heterocycles. The summed E-state index contributed by atoms with van der Waals surface area (Å²) in [4.78, 5) is 0.0782. The predicted molar refractivity (Wildman–Crippen MR) is 83.5 cm³/mol. The topological polar surface area (TPSA) is 47.3 Å². The summed E-state index contributed by atoms with van der Waals surface area (Å²) in [5, 5.41) is 3.36. The maximum absolute atomic E-state index is 13.8. The van der Waals surface area contributed by atoms with Gasteiger partial charge in [0.25, 0.3) is 0 Å². The summed E-state index contributed by atoms with van der Waals surface area (Å²) in [6.45, 7) is 7.04. The van der Waals surface area contributed by atoms with Crippen molar-refractivity contribution in [2.75, 3.05) is 11.9 Å². The minimum Gasteiger partial charge on any atom is -0.389 e. The molecule has 0 aliphatic heterocycles. The Hall–Kier alpha value is -1.20. The van der Waals surface area contributed by atoms with Crippen molar-refractivity contribution in [2.24, 2.45) is 11.1 Å². The SMILES string of the molecule is CCOC1CC(Nc2ccc(C(N)=S)c(F)c2)C1(C)C. The highest BCUT2D eigenvalue weighted by molar-refractivity contribution is 7.80. The Morgan fingerprint density at radius 1 is 1.55 bits per heavy atom. The molecule has 0 saturated heterocycles. The van der Waals surface area contributed by atoms with Crippen LogP contribution < -0.4 is 11.1 Å². The Balaban J connectivity index is 2.05. The fourth-order valence-corrected chi connectivity index (χ4v) is 2.79. The van der Waals surface area contributed by atoms with E-state index in [2.05, 4.69) is 19.2 Å². The molecule has 0 aromatic heterocycles. The third-order valence-corrected chi connectivity index (χ3v) is 4.34. The first-order valence-electron chi connectivity index (χ1n) is 6.83. The van der Waals surface area contributed by atoms with E-state index in [1.807, 2.05) is 13.0 Å². The van der Waals surface area contributed by atoms with Gasteiger partial charge in [-0.25, -0.2) is 4.39 Å². The van der Waals surface area contributed by atoms with Crippen molar-refractivity contribution in [3.8, 4) is 0 Å². The van der Waals surface area contributed by atoms with Crippen LogP contribution in [-0.2, 0) is 4.74 Å². The maximum Gasteiger partial charge on any atom is 0.135 e. The number of hydrogen-bond acceptors (Lipinski definition) is 3. The van der Waals surface area contributed by atoms with E-state index in [1.165, 1.54) is 6.07 Å². The predicted octanol–water partition coefficient (Wildman–Crippen LogP) is 3.08. The lowest BCUT2D eigenvalue weighted by Gasteiger charge is -2.52. The molecule has 2 rings (SSSR count). The molecule has 1 aliphatic rings. The quantitative estimate of drug-likeness (QED) is 0.820. The second-order valence-electron chi connectivity index (χ2n) is 5.76. The molecule has 5 heteroatoms. The number of ether oxygens (including phenoxy) is 1. The molecule has 0 amide bonds. The number of rotatable bonds is 5. The Bertz CT molecular complexity index is 519. The lowest BCUT2D eigenvalue weighted by molar-refractivity contribution is -0.0976. The normalized spacial score (nSPS) is 24.0. The molecule has 1 fully saturated rings. The second kappa shape index (κ2) is 5.66. The van der Waals surface area contributed by atoms with Crippen LogP contribution in [0.2, 0.25) is 0 Å². The molecule has 3 nitrogen and oxygen atoms in total. The van der Waals surface area contributed by atoms with Crippen molar-refractivity contribution in [1.82, 2.24) is 0 Å². The van der Waals surface area contributed by atoms with Gasteiger partial charge in [-0.05, 0) is 31.5 Å². The first kappa shape index (κ1) is 15.2. The van der Waals surface area contributed by atoms with Crippen molar-refractivity contribution in [3.63, 3.8) is 0 Å². The number of nitrogens with two attached hydrogens (primary N) is 1. The molecule has 3 N–H and O–H groups in total. The van der Waals surface area contributed by atoms with Crippen molar-refractivity contribution in [3.05, 3.63) is 29.6 Å². The van der Waals surface area contributed by atoms with Gasteiger partial charge in [-0.2, -0.15) is 0 Å². The Kier molecular flexibility index (Phi) is 4.30. The largest absolute Gasteiger partial charge is 0.389 e. The highest BCUT2D eigenvalue weighted by atomic mass is 32.1. The van der Waals surface area contributed by atoms with Crippen LogP contribution in [0.15, 0.2) is 18.2 Å². The summed E-state index contributed by atoms with van der Waals surface area (Å²) in [7, 11) is 0. The molecule has 0 radical (unpaired) electrons. The van der Waals surface area contributed by atoms with E-state index in [-0.39, 0.29) is 33.9 Å². The lowest BCUT2D eigenvalue weighted by atomic mass is 9.64. The van der Waals surface area contributed by atoms with Crippen LogP contribution in [0, 0.1) is 11.2 Å². The molecular weight excluding hydrogens is 275 g/mol. The fraction of sp³-hybridized carbons (Fsp3) is 0.533. The van der Waals surface area contributed by atoms with Gasteiger partial charge in [0.05, 0.1) is 6.10 Å². The van der Waals surface area contributed by atoms with Gasteiger partial charge in [-0.1, -0.05) is 26.1 Å². The van der Waals surface area contributed by atoms with Gasteiger partial charge in [-0.3, -0.25) is 0 Å². The standard InChI is InChI=1S/C15H21FN2OS/c1-4-19-13-8-12(15(13,2)3)18-9-5-6-10(14(17)20)11(16)7-9/h5-7,12-13,18H,4,8H2,1-3H3,(H2,17,20). The summed E-state index contributed by atoms with van der Waals surface area (Å²) in [6.07, 6.45) is 1.19. The Morgan fingerprint density at radius 2 is 2.25 bits per heavy atom. The summed E-state index contributed by atoms with van der Waals surface area (Å²) < 4.78 is 19.5. The second-order valence-corrected chi connectivity index (χ2v) is 6.20. The number of nitrogens with one attached hydrogen (secondary N) is 1. The van der Waals surface area contributed by atoms with E-state index in [0.29, 0.717) is 0 Å². The molecule has 1 aromatic rings. The van der Waals surface area contributed by atoms with Crippen LogP contribution in [0.4, 0.5) is 10.1 Å². The Morgan fingerprint density at radius 3 is 2.75 bits per heavy atom. The lowest BCUT2D eigenvalue weighted by Crippen LogP contribution is -2.58. The maximum atomic E-state index is 13.8. The minimum atomic E-state index is -0.388. The van der Waals surface area contributed by atoms with Crippen LogP contribution in [-0.4, -0.2) is 23.7 Å². The molecule has 20 heavy (non-hydrogen) atoms. The van der Waals surface area contributed by atoms with E-state index in [4.69, 9.17) is 22.7 Å². The van der Waals surface area contributed by atoms with Gasteiger partial charge in [0.1, 0.15) is 10.8 Å². The zero-order valence-corrected chi connectivity index (χ0v) is 12.9. The first-order valence-corrected chi connectivity index (χ1v) is 7.24. The van der Waals surface area contributed by atoms with E-state index in [1.54, 1.807) is 6.07 Å². The number of hydrogen-bond donors (Lipinski definition) is 2. The molecule has 1 saturated carbocycles. The van der Waals surface area contributed by atoms with Gasteiger partial charge in [0, 0.05) is 29.3 Å². The van der Waals surface area contributed by atoms with E-state index in [9.17, 15) is 4.39 Å². The van der Waals surface area contributed by atoms with Gasteiger partial charge >= 0.3 is 0 Å². The van der Waals surface area contributed by atoms with Crippen molar-refractivity contribution < 1.29 is 9.13 Å². The van der Waals surface area contributed by atoms with E-state index < -0.39 is 0 Å². The van der Waals surface area contributed by atoms with Gasteiger partial charge in [0.15, 0.2) is 0 Å². The minimum absolute atomic E-state index is 0.0360. The molecular formula is C15H21FN2OS. The smallest absolute Gasteiger partial charge is 0.135 e. The number of anilines is 1. The van der Waals surface area contributed by atoms with Gasteiger partial charge in [0.2, 0.25) is 0 Å². The number of benzene rings is 1. The van der Waals surface area contributed by atoms with Crippen LogP contribution in [0.1, 0.15) is 32.8 Å². The van der Waals surface area contributed by atoms with Crippen LogP contribution in [0.3, 0.4) is 0 Å². The monoisotopic (exact) mass is 296 g/mol. The highest BCUT2D eigenvalue weighted by Crippen LogP contribution is 2.44. The summed E-state index contributed by atoms with van der Waals surface area (Å²) in [5.41, 5.74) is 6.52. The average Bonchev–Trinajstić information content (AvgIpc) is 2.37.